The van der Waals surface area contributed by atoms with Gasteiger partial charge in [-0.2, -0.15) is 11.8 Å². The predicted molar refractivity (Wildman–Crippen MR) is 94.0 cm³/mol. The van der Waals surface area contributed by atoms with Gasteiger partial charge in [-0.05, 0) is 56.4 Å². The molecule has 1 aliphatic rings. The van der Waals surface area contributed by atoms with Crippen LogP contribution in [0, 0.1) is 0 Å². The molecule has 1 unspecified atom stereocenters. The summed E-state index contributed by atoms with van der Waals surface area (Å²) in [4.78, 5) is 2.58. The lowest BCUT2D eigenvalue weighted by atomic mass is 10.0. The number of thioether (sulfide) groups is 1. The van der Waals surface area contributed by atoms with Gasteiger partial charge in [0, 0.05) is 27.8 Å². The van der Waals surface area contributed by atoms with E-state index in [-0.39, 0.29) is 0 Å². The first kappa shape index (κ1) is 16.6. The van der Waals surface area contributed by atoms with Crippen LogP contribution in [0.3, 0.4) is 0 Å². The SMILES string of the molecule is CNC(CCN1CCCSCC1)c1ccc(Br)cc1Cl. The van der Waals surface area contributed by atoms with Crippen LogP contribution in [0.4, 0.5) is 0 Å². The van der Waals surface area contributed by atoms with Crippen molar-refractivity contribution in [1.82, 2.24) is 10.2 Å². The highest BCUT2D eigenvalue weighted by molar-refractivity contribution is 9.10. The summed E-state index contributed by atoms with van der Waals surface area (Å²) in [6.45, 7) is 3.59. The van der Waals surface area contributed by atoms with Gasteiger partial charge >= 0.3 is 0 Å². The molecule has 1 aromatic rings. The molecule has 2 nitrogen and oxygen atoms in total. The van der Waals surface area contributed by atoms with E-state index in [0.29, 0.717) is 6.04 Å². The number of halogens is 2. The molecule has 0 radical (unpaired) electrons. The minimum atomic E-state index is 0.325. The van der Waals surface area contributed by atoms with Crippen molar-refractivity contribution in [2.75, 3.05) is 38.2 Å². The highest BCUT2D eigenvalue weighted by Gasteiger charge is 2.16. The van der Waals surface area contributed by atoms with E-state index in [1.54, 1.807) is 0 Å². The fourth-order valence-corrected chi connectivity index (χ4v) is 4.30. The molecule has 1 N–H and O–H groups in total. The van der Waals surface area contributed by atoms with Crippen molar-refractivity contribution in [3.8, 4) is 0 Å². The molecule has 1 aliphatic heterocycles. The number of rotatable bonds is 5. The van der Waals surface area contributed by atoms with Crippen LogP contribution in [0.1, 0.15) is 24.4 Å². The second kappa shape index (κ2) is 8.64. The molecule has 112 valence electrons. The van der Waals surface area contributed by atoms with Crippen LogP contribution in [0.15, 0.2) is 22.7 Å². The van der Waals surface area contributed by atoms with Gasteiger partial charge in [0.05, 0.1) is 0 Å². The van der Waals surface area contributed by atoms with Gasteiger partial charge in [0.15, 0.2) is 0 Å². The van der Waals surface area contributed by atoms with Crippen LogP contribution in [-0.4, -0.2) is 43.1 Å². The van der Waals surface area contributed by atoms with Gasteiger partial charge in [-0.25, -0.2) is 0 Å². The molecule has 5 heteroatoms. The first-order chi connectivity index (χ1) is 9.70. The summed E-state index contributed by atoms with van der Waals surface area (Å²) >= 11 is 11.9. The molecule has 20 heavy (non-hydrogen) atoms. The largest absolute Gasteiger partial charge is 0.313 e. The monoisotopic (exact) mass is 376 g/mol. The Bertz CT molecular complexity index is 422. The van der Waals surface area contributed by atoms with E-state index in [4.69, 9.17) is 11.6 Å². The minimum absolute atomic E-state index is 0.325. The highest BCUT2D eigenvalue weighted by Crippen LogP contribution is 2.28. The molecule has 0 bridgehead atoms. The van der Waals surface area contributed by atoms with E-state index in [1.165, 1.54) is 36.6 Å². The van der Waals surface area contributed by atoms with Gasteiger partial charge in [0.25, 0.3) is 0 Å². The van der Waals surface area contributed by atoms with Crippen molar-refractivity contribution >= 4 is 39.3 Å². The summed E-state index contributed by atoms with van der Waals surface area (Å²) in [6.07, 6.45) is 2.41. The van der Waals surface area contributed by atoms with Crippen LogP contribution >= 0.6 is 39.3 Å². The summed E-state index contributed by atoms with van der Waals surface area (Å²) in [5, 5.41) is 4.24. The number of nitrogens with zero attached hydrogens (tertiary/aromatic N) is 1. The quantitative estimate of drug-likeness (QED) is 0.828. The Labute approximate surface area is 139 Å². The van der Waals surface area contributed by atoms with Crippen LogP contribution in [0.5, 0.6) is 0 Å². The number of hydrogen-bond acceptors (Lipinski definition) is 3. The molecule has 0 saturated carbocycles. The van der Waals surface area contributed by atoms with Crippen molar-refractivity contribution in [2.45, 2.75) is 18.9 Å². The van der Waals surface area contributed by atoms with E-state index in [1.807, 2.05) is 13.1 Å². The zero-order valence-electron chi connectivity index (χ0n) is 11.9. The predicted octanol–water partition coefficient (Wildman–Crippen LogP) is 4.19. The summed E-state index contributed by atoms with van der Waals surface area (Å²) in [7, 11) is 2.02. The number of benzene rings is 1. The highest BCUT2D eigenvalue weighted by atomic mass is 79.9. The van der Waals surface area contributed by atoms with Crippen molar-refractivity contribution in [3.05, 3.63) is 33.3 Å². The van der Waals surface area contributed by atoms with Gasteiger partial charge in [-0.15, -0.1) is 0 Å². The molecule has 0 amide bonds. The fraction of sp³-hybridized carbons (Fsp3) is 0.600. The Morgan fingerprint density at radius 3 is 3.00 bits per heavy atom. The molecular weight excluding hydrogens is 356 g/mol. The minimum Gasteiger partial charge on any atom is -0.313 e. The van der Waals surface area contributed by atoms with Crippen molar-refractivity contribution in [2.24, 2.45) is 0 Å². The standard InChI is InChI=1S/C15H22BrClN2S/c1-18-15(13-4-3-12(16)11-14(13)17)5-7-19-6-2-9-20-10-8-19/h3-4,11,15,18H,2,5-10H2,1H3. The van der Waals surface area contributed by atoms with Gasteiger partial charge in [0.2, 0.25) is 0 Å². The normalized spacial score (nSPS) is 18.8. The zero-order chi connectivity index (χ0) is 14.4. The Morgan fingerprint density at radius 2 is 2.25 bits per heavy atom. The molecule has 1 aromatic carbocycles. The third kappa shape index (κ3) is 4.92. The Hall–Kier alpha value is 0.260. The van der Waals surface area contributed by atoms with Gasteiger partial charge in [0.1, 0.15) is 0 Å². The second-order valence-electron chi connectivity index (χ2n) is 5.10. The lowest BCUT2D eigenvalue weighted by Gasteiger charge is -2.24. The van der Waals surface area contributed by atoms with Crippen LogP contribution in [0.25, 0.3) is 0 Å². The summed E-state index contributed by atoms with van der Waals surface area (Å²) in [6, 6.07) is 6.48. The molecule has 2 rings (SSSR count). The lowest BCUT2D eigenvalue weighted by molar-refractivity contribution is 0.277. The number of nitrogens with one attached hydrogen (secondary N) is 1. The van der Waals surface area contributed by atoms with E-state index < -0.39 is 0 Å². The molecular formula is C15H22BrClN2S. The third-order valence-electron chi connectivity index (χ3n) is 3.74. The van der Waals surface area contributed by atoms with E-state index in [2.05, 4.69) is 50.0 Å². The van der Waals surface area contributed by atoms with Crippen LogP contribution in [0.2, 0.25) is 5.02 Å². The summed E-state index contributed by atoms with van der Waals surface area (Å²) in [5.74, 6) is 2.58. The maximum absolute atomic E-state index is 6.36. The summed E-state index contributed by atoms with van der Waals surface area (Å²) < 4.78 is 1.03. The van der Waals surface area contributed by atoms with Crippen molar-refractivity contribution in [1.29, 1.82) is 0 Å². The second-order valence-corrected chi connectivity index (χ2v) is 7.65. The molecule has 0 aliphatic carbocycles. The van der Waals surface area contributed by atoms with E-state index in [9.17, 15) is 0 Å². The number of hydrogen-bond donors (Lipinski definition) is 1. The lowest BCUT2D eigenvalue weighted by Crippen LogP contribution is -2.30. The molecule has 1 atom stereocenters. The van der Waals surface area contributed by atoms with Crippen LogP contribution < -0.4 is 5.32 Å². The molecule has 1 fully saturated rings. The molecule has 0 spiro atoms. The average molecular weight is 378 g/mol. The van der Waals surface area contributed by atoms with E-state index >= 15 is 0 Å². The maximum atomic E-state index is 6.36. The maximum Gasteiger partial charge on any atom is 0.0465 e. The summed E-state index contributed by atoms with van der Waals surface area (Å²) in [5.41, 5.74) is 1.20. The molecule has 1 saturated heterocycles. The first-order valence-electron chi connectivity index (χ1n) is 7.13. The van der Waals surface area contributed by atoms with Gasteiger partial charge < -0.3 is 10.2 Å². The van der Waals surface area contributed by atoms with Crippen LogP contribution in [-0.2, 0) is 0 Å². The van der Waals surface area contributed by atoms with Crippen molar-refractivity contribution < 1.29 is 0 Å². The van der Waals surface area contributed by atoms with Crippen molar-refractivity contribution in [3.63, 3.8) is 0 Å². The molecule has 1 heterocycles. The average Bonchev–Trinajstić information content (AvgIpc) is 2.70. The van der Waals surface area contributed by atoms with Gasteiger partial charge in [-0.1, -0.05) is 33.6 Å². The fourth-order valence-electron chi connectivity index (χ4n) is 2.57. The Morgan fingerprint density at radius 1 is 1.40 bits per heavy atom. The topological polar surface area (TPSA) is 15.3 Å². The molecule has 0 aromatic heterocycles. The van der Waals surface area contributed by atoms with E-state index in [0.717, 1.165) is 22.5 Å². The van der Waals surface area contributed by atoms with Gasteiger partial charge in [-0.3, -0.25) is 0 Å². The Kier molecular flexibility index (Phi) is 7.18. The smallest absolute Gasteiger partial charge is 0.0465 e. The zero-order valence-corrected chi connectivity index (χ0v) is 15.0. The Balaban J connectivity index is 1.94. The third-order valence-corrected chi connectivity index (χ3v) is 5.60. The first-order valence-corrected chi connectivity index (χ1v) is 9.45.